The Bertz CT molecular complexity index is 2160. The first kappa shape index (κ1) is 25.8. The van der Waals surface area contributed by atoms with Crippen molar-refractivity contribution in [2.45, 2.75) is 6.92 Å². The molecule has 44 heavy (non-hydrogen) atoms. The Balaban J connectivity index is 1.22. The number of aromatic nitrogens is 4. The highest BCUT2D eigenvalue weighted by Gasteiger charge is 2.16. The molecule has 0 fully saturated rings. The van der Waals surface area contributed by atoms with E-state index in [9.17, 15) is 0 Å². The van der Waals surface area contributed by atoms with Gasteiger partial charge in [0.2, 0.25) is 0 Å². The van der Waals surface area contributed by atoms with Crippen molar-refractivity contribution < 1.29 is 0 Å². The average molecular weight is 565 g/mol. The number of hydrogen-bond acceptors (Lipinski definition) is 3. The maximum Gasteiger partial charge on any atom is 0.164 e. The lowest BCUT2D eigenvalue weighted by Crippen LogP contribution is -2.00. The van der Waals surface area contributed by atoms with Gasteiger partial charge in [0.05, 0.1) is 11.0 Å². The van der Waals surface area contributed by atoms with Crippen LogP contribution in [0.4, 0.5) is 0 Å². The van der Waals surface area contributed by atoms with Crippen LogP contribution >= 0.6 is 0 Å². The monoisotopic (exact) mass is 564 g/mol. The molecule has 0 N–H and O–H groups in total. The lowest BCUT2D eigenvalue weighted by atomic mass is 9.98. The minimum atomic E-state index is 0.653. The zero-order valence-corrected chi connectivity index (χ0v) is 24.2. The molecule has 0 aliphatic rings. The van der Waals surface area contributed by atoms with Gasteiger partial charge >= 0.3 is 0 Å². The fourth-order valence-corrected chi connectivity index (χ4v) is 6.10. The summed E-state index contributed by atoms with van der Waals surface area (Å²) in [4.78, 5) is 14.6. The number of para-hydroxylation sites is 2. The molecular formula is C40H28N4. The maximum absolute atomic E-state index is 4.90. The van der Waals surface area contributed by atoms with Crippen LogP contribution in [-0.4, -0.2) is 19.5 Å². The molecule has 4 nitrogen and oxygen atoms in total. The Hall–Kier alpha value is -5.87. The molecule has 2 aromatic heterocycles. The number of benzene rings is 6. The van der Waals surface area contributed by atoms with Gasteiger partial charge in [-0.25, -0.2) is 15.0 Å². The van der Waals surface area contributed by atoms with Gasteiger partial charge in [-0.05, 0) is 41.8 Å². The minimum absolute atomic E-state index is 0.653. The van der Waals surface area contributed by atoms with Gasteiger partial charge in [0.25, 0.3) is 0 Å². The SMILES string of the molecule is Cc1c(-c2ccc(-c3nc(-c4ccccc4)nc(-c4ccccc4)n3)cc2)cccc1-n1c2ccccc2c2ccccc21. The second kappa shape index (κ2) is 10.8. The topological polar surface area (TPSA) is 43.6 Å². The maximum atomic E-state index is 4.90. The van der Waals surface area contributed by atoms with E-state index >= 15 is 0 Å². The molecule has 0 amide bonds. The smallest absolute Gasteiger partial charge is 0.164 e. The first-order valence-corrected chi connectivity index (χ1v) is 14.8. The zero-order valence-electron chi connectivity index (χ0n) is 24.2. The molecule has 2 heterocycles. The molecule has 0 saturated heterocycles. The standard InChI is InChI=1S/C40H28N4/c1-27-32(19-12-22-35(27)44-36-20-10-8-17-33(36)34-18-9-11-21-37(34)44)28-23-25-31(26-24-28)40-42-38(29-13-4-2-5-14-29)41-39(43-40)30-15-6-3-7-16-30/h2-26H,1H3. The van der Waals surface area contributed by atoms with Crippen molar-refractivity contribution in [2.75, 3.05) is 0 Å². The largest absolute Gasteiger partial charge is 0.309 e. The van der Waals surface area contributed by atoms with Crippen molar-refractivity contribution >= 4 is 21.8 Å². The first-order valence-electron chi connectivity index (χ1n) is 14.8. The van der Waals surface area contributed by atoms with Gasteiger partial charge in [0.1, 0.15) is 0 Å². The summed E-state index contributed by atoms with van der Waals surface area (Å²) in [6, 6.07) is 52.6. The molecule has 0 atom stereocenters. The van der Waals surface area contributed by atoms with Crippen LogP contribution in [-0.2, 0) is 0 Å². The van der Waals surface area contributed by atoms with Gasteiger partial charge in [-0.2, -0.15) is 0 Å². The molecule has 0 radical (unpaired) electrons. The number of fused-ring (bicyclic) bond motifs is 3. The molecule has 0 spiro atoms. The molecule has 0 aliphatic heterocycles. The van der Waals surface area contributed by atoms with E-state index < -0.39 is 0 Å². The minimum Gasteiger partial charge on any atom is -0.309 e. The molecular weight excluding hydrogens is 536 g/mol. The highest BCUT2D eigenvalue weighted by molar-refractivity contribution is 6.09. The predicted octanol–water partition coefficient (Wildman–Crippen LogP) is 9.95. The summed E-state index contributed by atoms with van der Waals surface area (Å²) in [7, 11) is 0. The average Bonchev–Trinajstić information content (AvgIpc) is 3.43. The van der Waals surface area contributed by atoms with E-state index in [0.717, 1.165) is 22.3 Å². The van der Waals surface area contributed by atoms with Crippen molar-refractivity contribution in [3.63, 3.8) is 0 Å². The molecule has 6 aromatic carbocycles. The Kier molecular flexibility index (Phi) is 6.31. The van der Waals surface area contributed by atoms with Crippen LogP contribution in [0.1, 0.15) is 5.56 Å². The van der Waals surface area contributed by atoms with E-state index in [1.165, 1.54) is 38.6 Å². The van der Waals surface area contributed by atoms with E-state index in [1.54, 1.807) is 0 Å². The van der Waals surface area contributed by atoms with Gasteiger partial charge < -0.3 is 4.57 Å². The van der Waals surface area contributed by atoms with Crippen LogP contribution in [0.25, 0.3) is 72.8 Å². The summed E-state index contributed by atoms with van der Waals surface area (Å²) < 4.78 is 2.39. The fourth-order valence-electron chi connectivity index (χ4n) is 6.10. The third-order valence-electron chi connectivity index (χ3n) is 8.28. The molecule has 8 rings (SSSR count). The lowest BCUT2D eigenvalue weighted by Gasteiger charge is -2.15. The second-order valence-electron chi connectivity index (χ2n) is 10.9. The van der Waals surface area contributed by atoms with E-state index in [1.807, 2.05) is 60.7 Å². The van der Waals surface area contributed by atoms with E-state index in [-0.39, 0.29) is 0 Å². The Morgan fingerprint density at radius 2 is 0.818 bits per heavy atom. The van der Waals surface area contributed by atoms with Crippen molar-refractivity contribution in [2.24, 2.45) is 0 Å². The van der Waals surface area contributed by atoms with Crippen LogP contribution < -0.4 is 0 Å². The predicted molar refractivity (Wildman–Crippen MR) is 181 cm³/mol. The summed E-state index contributed by atoms with van der Waals surface area (Å²) in [5.74, 6) is 1.97. The number of nitrogens with zero attached hydrogens (tertiary/aromatic N) is 4. The van der Waals surface area contributed by atoms with Crippen molar-refractivity contribution in [3.05, 3.63) is 157 Å². The van der Waals surface area contributed by atoms with Crippen molar-refractivity contribution in [1.29, 1.82) is 0 Å². The van der Waals surface area contributed by atoms with Crippen LogP contribution in [0.2, 0.25) is 0 Å². The van der Waals surface area contributed by atoms with Gasteiger partial charge in [0.15, 0.2) is 17.5 Å². The fraction of sp³-hybridized carbons (Fsp3) is 0.0250. The van der Waals surface area contributed by atoms with E-state index in [4.69, 9.17) is 15.0 Å². The van der Waals surface area contributed by atoms with Crippen LogP contribution in [0.15, 0.2) is 152 Å². The summed E-state index contributed by atoms with van der Waals surface area (Å²) >= 11 is 0. The Labute approximate surface area is 256 Å². The second-order valence-corrected chi connectivity index (χ2v) is 10.9. The van der Waals surface area contributed by atoms with Crippen LogP contribution in [0, 0.1) is 6.92 Å². The molecule has 0 bridgehead atoms. The molecule has 0 unspecified atom stereocenters. The highest BCUT2D eigenvalue weighted by atomic mass is 15.0. The highest BCUT2D eigenvalue weighted by Crippen LogP contribution is 2.36. The van der Waals surface area contributed by atoms with Gasteiger partial charge in [-0.3, -0.25) is 0 Å². The first-order chi connectivity index (χ1) is 21.7. The quantitative estimate of drug-likeness (QED) is 0.209. The number of hydrogen-bond donors (Lipinski definition) is 0. The van der Waals surface area contributed by atoms with Crippen LogP contribution in [0.3, 0.4) is 0 Å². The van der Waals surface area contributed by atoms with Crippen LogP contribution in [0.5, 0.6) is 0 Å². The summed E-state index contributed by atoms with van der Waals surface area (Å²) in [5.41, 5.74) is 10.0. The zero-order chi connectivity index (χ0) is 29.5. The Morgan fingerprint density at radius 3 is 1.34 bits per heavy atom. The molecule has 4 heteroatoms. The van der Waals surface area contributed by atoms with Crippen molar-refractivity contribution in [1.82, 2.24) is 19.5 Å². The molecule has 0 saturated carbocycles. The summed E-state index contributed by atoms with van der Waals surface area (Å²) in [6.07, 6.45) is 0. The van der Waals surface area contributed by atoms with E-state index in [0.29, 0.717) is 17.5 Å². The lowest BCUT2D eigenvalue weighted by molar-refractivity contribution is 1.07. The molecule has 0 aliphatic carbocycles. The van der Waals surface area contributed by atoms with Gasteiger partial charge in [-0.15, -0.1) is 0 Å². The molecule has 208 valence electrons. The Morgan fingerprint density at radius 1 is 0.386 bits per heavy atom. The van der Waals surface area contributed by atoms with Gasteiger partial charge in [-0.1, -0.05) is 133 Å². The third-order valence-corrected chi connectivity index (χ3v) is 8.28. The third kappa shape index (κ3) is 4.45. The molecule has 8 aromatic rings. The number of rotatable bonds is 5. The van der Waals surface area contributed by atoms with Gasteiger partial charge in [0, 0.05) is 33.2 Å². The summed E-state index contributed by atoms with van der Waals surface area (Å²) in [5, 5.41) is 2.53. The normalized spacial score (nSPS) is 11.3. The van der Waals surface area contributed by atoms with Crippen molar-refractivity contribution in [3.8, 4) is 51.0 Å². The van der Waals surface area contributed by atoms with E-state index in [2.05, 4.69) is 102 Å². The summed E-state index contributed by atoms with van der Waals surface area (Å²) in [6.45, 7) is 2.21.